The first-order valence-electron chi connectivity index (χ1n) is 6.88. The molecule has 1 N–H and O–H groups in total. The Balaban J connectivity index is 1.93. The van der Waals surface area contributed by atoms with E-state index < -0.39 is 0 Å². The molecule has 1 aromatic rings. The van der Waals surface area contributed by atoms with Gasteiger partial charge in [0.05, 0.1) is 12.1 Å². The molecular weight excluding hydrogens is 224 g/mol. The summed E-state index contributed by atoms with van der Waals surface area (Å²) in [4.78, 5) is 14.1. The van der Waals surface area contributed by atoms with Crippen molar-refractivity contribution in [2.24, 2.45) is 5.92 Å². The summed E-state index contributed by atoms with van der Waals surface area (Å²) in [6.45, 7) is 4.35. The maximum atomic E-state index is 11.7. The number of nitrogens with one attached hydrogen (secondary N) is 1. The zero-order valence-corrected chi connectivity index (χ0v) is 10.8. The fourth-order valence-electron chi connectivity index (χ4n) is 3.47. The predicted molar refractivity (Wildman–Crippen MR) is 71.1 cm³/mol. The predicted octanol–water partition coefficient (Wildman–Crippen LogP) is 1.96. The van der Waals surface area contributed by atoms with Gasteiger partial charge in [0.15, 0.2) is 0 Å². The van der Waals surface area contributed by atoms with Gasteiger partial charge in [-0.25, -0.2) is 0 Å². The lowest BCUT2D eigenvalue weighted by molar-refractivity contribution is -0.119. The highest BCUT2D eigenvalue weighted by Gasteiger charge is 2.43. The van der Waals surface area contributed by atoms with Gasteiger partial charge in [-0.3, -0.25) is 9.69 Å². The Morgan fingerprint density at radius 3 is 2.83 bits per heavy atom. The molecule has 3 atom stereocenters. The molecule has 0 aromatic heterocycles. The fraction of sp³-hybridized carbons (Fsp3) is 0.533. The van der Waals surface area contributed by atoms with Crippen LogP contribution in [0.25, 0.3) is 0 Å². The first-order valence-corrected chi connectivity index (χ1v) is 6.88. The molecule has 0 saturated carbocycles. The minimum atomic E-state index is 0.226. The van der Waals surface area contributed by atoms with Gasteiger partial charge in [-0.1, -0.05) is 37.3 Å². The highest BCUT2D eigenvalue weighted by atomic mass is 16.2. The fourth-order valence-corrected chi connectivity index (χ4v) is 3.47. The molecule has 3 nitrogen and oxygen atoms in total. The third kappa shape index (κ3) is 1.93. The molecule has 2 aliphatic heterocycles. The number of amides is 1. The van der Waals surface area contributed by atoms with Crippen molar-refractivity contribution < 1.29 is 4.79 Å². The number of nitrogens with zero attached hydrogens (tertiary/aromatic N) is 1. The molecule has 2 saturated heterocycles. The van der Waals surface area contributed by atoms with Crippen LogP contribution >= 0.6 is 0 Å². The van der Waals surface area contributed by atoms with Gasteiger partial charge in [0.2, 0.25) is 5.91 Å². The molecule has 2 aliphatic rings. The van der Waals surface area contributed by atoms with Gasteiger partial charge in [-0.05, 0) is 31.0 Å². The average molecular weight is 244 g/mol. The van der Waals surface area contributed by atoms with Gasteiger partial charge < -0.3 is 5.32 Å². The monoisotopic (exact) mass is 244 g/mol. The van der Waals surface area contributed by atoms with Crippen molar-refractivity contribution in [3.8, 4) is 0 Å². The number of piperidine rings is 1. The van der Waals surface area contributed by atoms with Gasteiger partial charge in [0, 0.05) is 6.42 Å². The van der Waals surface area contributed by atoms with Crippen LogP contribution in [0.15, 0.2) is 30.3 Å². The Bertz CT molecular complexity index is 431. The highest BCUT2D eigenvalue weighted by Crippen LogP contribution is 2.38. The molecule has 3 rings (SSSR count). The molecule has 3 heteroatoms. The lowest BCUT2D eigenvalue weighted by Crippen LogP contribution is -2.49. The second-order valence-electron chi connectivity index (χ2n) is 5.33. The van der Waals surface area contributed by atoms with Crippen LogP contribution in [0.1, 0.15) is 31.4 Å². The Hall–Kier alpha value is -1.35. The van der Waals surface area contributed by atoms with Gasteiger partial charge in [-0.2, -0.15) is 0 Å². The molecule has 0 bridgehead atoms. The molecule has 0 spiro atoms. The Morgan fingerprint density at radius 1 is 1.33 bits per heavy atom. The minimum absolute atomic E-state index is 0.226. The van der Waals surface area contributed by atoms with Crippen molar-refractivity contribution in [2.75, 3.05) is 13.1 Å². The summed E-state index contributed by atoms with van der Waals surface area (Å²) >= 11 is 0. The zero-order valence-electron chi connectivity index (χ0n) is 10.8. The summed E-state index contributed by atoms with van der Waals surface area (Å²) in [7, 11) is 0. The van der Waals surface area contributed by atoms with E-state index in [9.17, 15) is 4.79 Å². The smallest absolute Gasteiger partial charge is 0.220 e. The van der Waals surface area contributed by atoms with Crippen LogP contribution in [0.2, 0.25) is 0 Å². The maximum absolute atomic E-state index is 11.7. The molecule has 0 aliphatic carbocycles. The van der Waals surface area contributed by atoms with E-state index in [-0.39, 0.29) is 5.91 Å². The summed E-state index contributed by atoms with van der Waals surface area (Å²) in [5, 5.41) is 3.19. The number of likely N-dealkylation sites (N-methyl/N-ethyl adjacent to an activating group) is 1. The first-order chi connectivity index (χ1) is 8.79. The number of likely N-dealkylation sites (tertiary alicyclic amines) is 1. The van der Waals surface area contributed by atoms with Crippen LogP contribution < -0.4 is 5.32 Å². The van der Waals surface area contributed by atoms with Crippen molar-refractivity contribution in [3.63, 3.8) is 0 Å². The third-order valence-electron chi connectivity index (χ3n) is 4.35. The zero-order chi connectivity index (χ0) is 12.5. The molecule has 0 radical (unpaired) electrons. The molecular formula is C15H20N2O. The van der Waals surface area contributed by atoms with E-state index in [1.165, 1.54) is 5.56 Å². The summed E-state index contributed by atoms with van der Waals surface area (Å²) in [5.41, 5.74) is 1.33. The van der Waals surface area contributed by atoms with Crippen molar-refractivity contribution in [3.05, 3.63) is 35.9 Å². The quantitative estimate of drug-likeness (QED) is 0.862. The summed E-state index contributed by atoms with van der Waals surface area (Å²) < 4.78 is 0. The van der Waals surface area contributed by atoms with Crippen LogP contribution in [0.5, 0.6) is 0 Å². The van der Waals surface area contributed by atoms with Crippen LogP contribution in [-0.4, -0.2) is 29.9 Å². The normalized spacial score (nSPS) is 32.1. The molecule has 2 heterocycles. The second-order valence-corrected chi connectivity index (χ2v) is 5.33. The summed E-state index contributed by atoms with van der Waals surface area (Å²) in [6.07, 6.45) is 1.85. The number of carbonyl (C=O) groups is 1. The lowest BCUT2D eigenvalue weighted by atomic mass is 9.83. The van der Waals surface area contributed by atoms with Crippen LogP contribution in [-0.2, 0) is 4.79 Å². The van der Waals surface area contributed by atoms with Crippen molar-refractivity contribution in [1.29, 1.82) is 0 Å². The Kier molecular flexibility index (Phi) is 3.08. The van der Waals surface area contributed by atoms with Gasteiger partial charge in [-0.15, -0.1) is 0 Å². The highest BCUT2D eigenvalue weighted by molar-refractivity contribution is 5.79. The number of hydrogen-bond donors (Lipinski definition) is 1. The van der Waals surface area contributed by atoms with Crippen LogP contribution in [0.3, 0.4) is 0 Å². The number of carbonyl (C=O) groups excluding carboxylic acids is 1. The van der Waals surface area contributed by atoms with E-state index in [4.69, 9.17) is 0 Å². The molecule has 18 heavy (non-hydrogen) atoms. The molecule has 1 aromatic carbocycles. The van der Waals surface area contributed by atoms with E-state index in [0.29, 0.717) is 24.4 Å². The lowest BCUT2D eigenvalue weighted by Gasteiger charge is -2.42. The molecule has 1 amide bonds. The van der Waals surface area contributed by atoms with E-state index in [1.807, 2.05) is 6.07 Å². The second kappa shape index (κ2) is 4.73. The molecule has 2 fully saturated rings. The first kappa shape index (κ1) is 11.7. The Labute approximate surface area is 108 Å². The topological polar surface area (TPSA) is 32.3 Å². The number of hydrogen-bond acceptors (Lipinski definition) is 2. The third-order valence-corrected chi connectivity index (χ3v) is 4.35. The van der Waals surface area contributed by atoms with Gasteiger partial charge in [0.1, 0.15) is 0 Å². The van der Waals surface area contributed by atoms with E-state index in [0.717, 1.165) is 19.5 Å². The summed E-state index contributed by atoms with van der Waals surface area (Å²) in [6, 6.07) is 11.2. The largest absolute Gasteiger partial charge is 0.351 e. The van der Waals surface area contributed by atoms with E-state index in [1.54, 1.807) is 0 Å². The van der Waals surface area contributed by atoms with Crippen molar-refractivity contribution in [1.82, 2.24) is 10.2 Å². The van der Waals surface area contributed by atoms with Crippen molar-refractivity contribution in [2.45, 2.75) is 31.8 Å². The summed E-state index contributed by atoms with van der Waals surface area (Å²) in [5.74, 6) is 0.745. The number of benzene rings is 1. The van der Waals surface area contributed by atoms with Gasteiger partial charge >= 0.3 is 0 Å². The minimum Gasteiger partial charge on any atom is -0.351 e. The van der Waals surface area contributed by atoms with Crippen molar-refractivity contribution >= 4 is 5.91 Å². The maximum Gasteiger partial charge on any atom is 0.220 e. The van der Waals surface area contributed by atoms with E-state index >= 15 is 0 Å². The Morgan fingerprint density at radius 2 is 2.11 bits per heavy atom. The van der Waals surface area contributed by atoms with Gasteiger partial charge in [0.25, 0.3) is 0 Å². The van der Waals surface area contributed by atoms with E-state index in [2.05, 4.69) is 41.4 Å². The number of fused-ring (bicyclic) bond motifs is 1. The standard InChI is InChI=1S/C15H20N2O/c1-2-17-9-8-12-10-13(18)16-14(12)15(17)11-6-4-3-5-7-11/h3-7,12,14-15H,2,8-10H2,1H3,(H,16,18)/t12-,14-,15+/m0/s1. The molecule has 0 unspecified atom stereocenters. The molecule has 96 valence electrons. The van der Waals surface area contributed by atoms with Crippen LogP contribution in [0, 0.1) is 5.92 Å². The SMILES string of the molecule is CCN1CC[C@H]2CC(=O)N[C@@H]2[C@H]1c1ccccc1. The van der Waals surface area contributed by atoms with Crippen LogP contribution in [0.4, 0.5) is 0 Å². The average Bonchev–Trinajstić information content (AvgIpc) is 2.78. The number of rotatable bonds is 2.